The van der Waals surface area contributed by atoms with E-state index in [0.29, 0.717) is 37.8 Å². The molecule has 4 saturated carbocycles. The Kier molecular flexibility index (Phi) is 14.3. The molecule has 4 rings (SSSR count). The molecule has 0 aromatic rings. The van der Waals surface area contributed by atoms with Crippen molar-refractivity contribution in [1.29, 1.82) is 0 Å². The first-order chi connectivity index (χ1) is 21.8. The number of hydrogen-bond donors (Lipinski definition) is 4. The highest BCUT2D eigenvalue weighted by Gasteiger charge is 2.58. The van der Waals surface area contributed by atoms with Crippen LogP contribution >= 0.6 is 0 Å². The van der Waals surface area contributed by atoms with Crippen molar-refractivity contribution in [2.45, 2.75) is 119 Å². The molecule has 0 radical (unpaired) electrons. The average Bonchev–Trinajstić information content (AvgIpc) is 2.93. The number of nitrogens with one attached hydrogen (secondary N) is 4. The molecule has 0 atom stereocenters. The molecule has 0 heterocycles. The van der Waals surface area contributed by atoms with Gasteiger partial charge in [0.15, 0.2) is 0 Å². The van der Waals surface area contributed by atoms with Crippen molar-refractivity contribution >= 4 is 23.6 Å². The van der Waals surface area contributed by atoms with Crippen molar-refractivity contribution in [2.75, 3.05) is 26.2 Å². The van der Waals surface area contributed by atoms with Crippen LogP contribution in [0.15, 0.2) is 46.6 Å². The molecule has 4 N–H and O–H groups in total. The first-order valence-corrected chi connectivity index (χ1v) is 17.4. The highest BCUT2D eigenvalue weighted by Crippen LogP contribution is 2.67. The largest absolute Gasteiger partial charge is 0.351 e. The Morgan fingerprint density at radius 3 is 1.33 bits per heavy atom. The SMILES string of the molecule is CC(C)=CCC/C(C)=C/CNC(=O)CNC(=O)CC12CC3CC(C1)CC(CC(=O)NCC(=O)NC/C=C(\C)CCC=C(C)C)(C3)C2. The standard InChI is InChI=1S/C38H60N4O4/c1-27(2)9-7-11-29(5)13-15-39-35(45)24-41-33(43)22-37-18-31-17-32(19-37)21-38(20-31,26-37)23-34(44)42-25-36(46)40-16-14-30(6)12-8-10-28(3)4/h9-10,13-14,31-32H,7-8,11-12,15-26H2,1-6H3,(H,39,45)(H,40,46)(H,41,43)(H,42,44)/b29-13+,30-14+. The third-order valence-corrected chi connectivity index (χ3v) is 9.95. The fourth-order valence-electron chi connectivity index (χ4n) is 8.41. The summed E-state index contributed by atoms with van der Waals surface area (Å²) in [6.45, 7) is 13.4. The predicted octanol–water partition coefficient (Wildman–Crippen LogP) is 6.20. The monoisotopic (exact) mass is 636 g/mol. The van der Waals surface area contributed by atoms with E-state index in [1.807, 2.05) is 12.2 Å². The van der Waals surface area contributed by atoms with E-state index in [-0.39, 0.29) is 47.5 Å². The van der Waals surface area contributed by atoms with E-state index in [9.17, 15) is 19.2 Å². The van der Waals surface area contributed by atoms with E-state index in [4.69, 9.17) is 0 Å². The lowest BCUT2D eigenvalue weighted by Gasteiger charge is -2.62. The Morgan fingerprint density at radius 2 is 0.957 bits per heavy atom. The van der Waals surface area contributed by atoms with Gasteiger partial charge in [-0.3, -0.25) is 19.2 Å². The first-order valence-electron chi connectivity index (χ1n) is 17.4. The minimum Gasteiger partial charge on any atom is -0.351 e. The third kappa shape index (κ3) is 12.9. The van der Waals surface area contributed by atoms with Gasteiger partial charge in [0.2, 0.25) is 23.6 Å². The molecule has 4 bridgehead atoms. The maximum Gasteiger partial charge on any atom is 0.239 e. The zero-order valence-electron chi connectivity index (χ0n) is 29.4. The topological polar surface area (TPSA) is 116 Å². The quantitative estimate of drug-likeness (QED) is 0.134. The van der Waals surface area contributed by atoms with E-state index in [1.165, 1.54) is 28.7 Å². The van der Waals surface area contributed by atoms with E-state index in [2.05, 4.69) is 75.0 Å². The summed E-state index contributed by atoms with van der Waals surface area (Å²) >= 11 is 0. The van der Waals surface area contributed by atoms with Crippen LogP contribution in [-0.4, -0.2) is 49.8 Å². The number of allylic oxidation sites excluding steroid dienone is 6. The van der Waals surface area contributed by atoms with Crippen LogP contribution in [0.5, 0.6) is 0 Å². The van der Waals surface area contributed by atoms with Crippen molar-refractivity contribution < 1.29 is 19.2 Å². The molecule has 46 heavy (non-hydrogen) atoms. The summed E-state index contributed by atoms with van der Waals surface area (Å²) in [4.78, 5) is 50.9. The normalized spacial score (nSPS) is 25.0. The van der Waals surface area contributed by atoms with Gasteiger partial charge in [-0.15, -0.1) is 0 Å². The van der Waals surface area contributed by atoms with E-state index in [1.54, 1.807) is 0 Å². The molecule has 0 aromatic heterocycles. The fourth-order valence-corrected chi connectivity index (χ4v) is 8.41. The lowest BCUT2D eigenvalue weighted by atomic mass is 9.43. The second kappa shape index (κ2) is 17.7. The van der Waals surface area contributed by atoms with Gasteiger partial charge in [0.25, 0.3) is 0 Å². The summed E-state index contributed by atoms with van der Waals surface area (Å²) in [5, 5.41) is 11.5. The van der Waals surface area contributed by atoms with Crippen LogP contribution in [0, 0.1) is 22.7 Å². The highest BCUT2D eigenvalue weighted by atomic mass is 16.2. The summed E-state index contributed by atoms with van der Waals surface area (Å²) in [6, 6.07) is 0. The van der Waals surface area contributed by atoms with Gasteiger partial charge in [-0.1, -0.05) is 46.6 Å². The number of carbonyl (C=O) groups is 4. The van der Waals surface area contributed by atoms with Gasteiger partial charge in [-0.05, 0) is 128 Å². The average molecular weight is 637 g/mol. The molecule has 0 aliphatic heterocycles. The minimum atomic E-state index is -0.185. The molecule has 8 nitrogen and oxygen atoms in total. The van der Waals surface area contributed by atoms with Crippen LogP contribution in [0.1, 0.15) is 119 Å². The second-order valence-electron chi connectivity index (χ2n) is 15.2. The van der Waals surface area contributed by atoms with Gasteiger partial charge >= 0.3 is 0 Å². The maximum atomic E-state index is 13.1. The van der Waals surface area contributed by atoms with Gasteiger partial charge in [0.1, 0.15) is 0 Å². The van der Waals surface area contributed by atoms with E-state index in [0.717, 1.165) is 57.8 Å². The number of rotatable bonds is 18. The molecule has 4 aliphatic rings. The van der Waals surface area contributed by atoms with Crippen LogP contribution in [0.4, 0.5) is 0 Å². The summed E-state index contributed by atoms with van der Waals surface area (Å²) < 4.78 is 0. The van der Waals surface area contributed by atoms with E-state index >= 15 is 0 Å². The summed E-state index contributed by atoms with van der Waals surface area (Å²) in [5.74, 6) is 0.537. The number of amides is 4. The van der Waals surface area contributed by atoms with Gasteiger partial charge in [-0.25, -0.2) is 0 Å². The van der Waals surface area contributed by atoms with Gasteiger partial charge in [0.05, 0.1) is 13.1 Å². The summed E-state index contributed by atoms with van der Waals surface area (Å²) in [6.07, 6.45) is 19.4. The Morgan fingerprint density at radius 1 is 0.565 bits per heavy atom. The van der Waals surface area contributed by atoms with E-state index < -0.39 is 0 Å². The molecule has 8 heteroatoms. The van der Waals surface area contributed by atoms with Crippen LogP contribution in [-0.2, 0) is 19.2 Å². The highest BCUT2D eigenvalue weighted by molar-refractivity contribution is 5.86. The second-order valence-corrected chi connectivity index (χ2v) is 15.2. The van der Waals surface area contributed by atoms with Crippen molar-refractivity contribution in [2.24, 2.45) is 22.7 Å². The number of carbonyl (C=O) groups excluding carboxylic acids is 4. The molecule has 4 fully saturated rings. The lowest BCUT2D eigenvalue weighted by Crippen LogP contribution is -2.54. The predicted molar refractivity (Wildman–Crippen MR) is 186 cm³/mol. The van der Waals surface area contributed by atoms with Crippen LogP contribution in [0.3, 0.4) is 0 Å². The van der Waals surface area contributed by atoms with Gasteiger partial charge < -0.3 is 21.3 Å². The minimum absolute atomic E-state index is 0.0205. The molecule has 256 valence electrons. The van der Waals surface area contributed by atoms with Gasteiger partial charge in [0, 0.05) is 25.9 Å². The van der Waals surface area contributed by atoms with Crippen LogP contribution < -0.4 is 21.3 Å². The smallest absolute Gasteiger partial charge is 0.239 e. The first kappa shape index (κ1) is 37.3. The van der Waals surface area contributed by atoms with Crippen LogP contribution in [0.25, 0.3) is 0 Å². The lowest BCUT2D eigenvalue weighted by molar-refractivity contribution is -0.147. The molecule has 0 aromatic carbocycles. The van der Waals surface area contributed by atoms with Crippen molar-refractivity contribution in [3.63, 3.8) is 0 Å². The summed E-state index contributed by atoms with van der Waals surface area (Å²) in [5.41, 5.74) is 4.87. The molecule has 4 amide bonds. The van der Waals surface area contributed by atoms with Crippen molar-refractivity contribution in [1.82, 2.24) is 21.3 Å². The Hall–Kier alpha value is -3.16. The van der Waals surface area contributed by atoms with Crippen molar-refractivity contribution in [3.05, 3.63) is 46.6 Å². The van der Waals surface area contributed by atoms with Gasteiger partial charge in [-0.2, -0.15) is 0 Å². The van der Waals surface area contributed by atoms with Crippen molar-refractivity contribution in [3.8, 4) is 0 Å². The number of hydrogen-bond acceptors (Lipinski definition) is 4. The summed E-state index contributed by atoms with van der Waals surface area (Å²) in [7, 11) is 0. The Labute approximate surface area is 277 Å². The Balaban J connectivity index is 1.41. The molecular formula is C38H60N4O4. The molecule has 4 aliphatic carbocycles. The fraction of sp³-hybridized carbons (Fsp3) is 0.684. The molecule has 0 unspecified atom stereocenters. The van der Waals surface area contributed by atoms with Crippen LogP contribution in [0.2, 0.25) is 0 Å². The molecular weight excluding hydrogens is 576 g/mol. The molecule has 0 saturated heterocycles. The third-order valence-electron chi connectivity index (χ3n) is 9.95. The zero-order valence-corrected chi connectivity index (χ0v) is 29.4. The zero-order chi connectivity index (χ0) is 33.7. The molecule has 0 spiro atoms. The Bertz CT molecular complexity index is 1110. The maximum absolute atomic E-state index is 13.1.